The van der Waals surface area contributed by atoms with Crippen LogP contribution in [-0.2, 0) is 4.74 Å². The maximum absolute atomic E-state index is 8.99. The molecule has 0 amide bonds. The molecular formula is C15H20N4O. The number of rotatable bonds is 1. The lowest BCUT2D eigenvalue weighted by Gasteiger charge is -2.39. The Kier molecular flexibility index (Phi) is 3.86. The number of hydrogen-bond acceptors (Lipinski definition) is 5. The Morgan fingerprint density at radius 2 is 2.40 bits per heavy atom. The molecule has 2 saturated heterocycles. The summed E-state index contributed by atoms with van der Waals surface area (Å²) in [5.74, 6) is 0.888. The average molecular weight is 272 g/mol. The fourth-order valence-electron chi connectivity index (χ4n) is 3.14. The summed E-state index contributed by atoms with van der Waals surface area (Å²) in [5, 5.41) is 12.5. The van der Waals surface area contributed by atoms with E-state index >= 15 is 0 Å². The van der Waals surface area contributed by atoms with Gasteiger partial charge in [-0.25, -0.2) is 4.98 Å². The van der Waals surface area contributed by atoms with Gasteiger partial charge in [-0.15, -0.1) is 0 Å². The molecule has 3 rings (SSSR count). The third kappa shape index (κ3) is 2.77. The second-order valence-corrected chi connectivity index (χ2v) is 5.75. The molecule has 1 N–H and O–H groups in total. The van der Waals surface area contributed by atoms with Gasteiger partial charge in [-0.1, -0.05) is 6.07 Å². The van der Waals surface area contributed by atoms with Gasteiger partial charge in [0.15, 0.2) is 0 Å². The van der Waals surface area contributed by atoms with E-state index in [0.717, 1.165) is 45.2 Å². The molecule has 1 atom stereocenters. The van der Waals surface area contributed by atoms with Crippen LogP contribution < -0.4 is 10.2 Å². The highest BCUT2D eigenvalue weighted by Crippen LogP contribution is 2.31. The van der Waals surface area contributed by atoms with Gasteiger partial charge >= 0.3 is 0 Å². The number of nitrogens with one attached hydrogen (secondary N) is 1. The number of aromatic nitrogens is 1. The average Bonchev–Trinajstić information content (AvgIpc) is 2.71. The lowest BCUT2D eigenvalue weighted by molar-refractivity contribution is 0.0536. The van der Waals surface area contributed by atoms with Crippen LogP contribution in [0, 0.1) is 16.7 Å². The van der Waals surface area contributed by atoms with E-state index < -0.39 is 0 Å². The summed E-state index contributed by atoms with van der Waals surface area (Å²) < 4.78 is 5.82. The Morgan fingerprint density at radius 1 is 1.45 bits per heavy atom. The number of anilines is 1. The molecule has 0 unspecified atom stereocenters. The first-order chi connectivity index (χ1) is 9.81. The number of nitrogens with zero attached hydrogens (tertiary/aromatic N) is 3. The van der Waals surface area contributed by atoms with E-state index in [4.69, 9.17) is 10.00 Å². The second kappa shape index (κ2) is 5.78. The van der Waals surface area contributed by atoms with E-state index in [0.29, 0.717) is 5.69 Å². The Hall–Kier alpha value is -1.64. The second-order valence-electron chi connectivity index (χ2n) is 5.75. The van der Waals surface area contributed by atoms with Crippen LogP contribution >= 0.6 is 0 Å². The first-order valence-corrected chi connectivity index (χ1v) is 7.22. The quantitative estimate of drug-likeness (QED) is 0.831. The smallest absolute Gasteiger partial charge is 0.142 e. The number of ether oxygens (including phenoxy) is 1. The molecule has 3 heterocycles. The molecule has 5 nitrogen and oxygen atoms in total. The fraction of sp³-hybridized carbons (Fsp3) is 0.600. The monoisotopic (exact) mass is 272 g/mol. The SMILES string of the molecule is N#Cc1cccc(N2CCOC[C@]3(CCCNC3)C2)n1. The van der Waals surface area contributed by atoms with Crippen LogP contribution in [0.15, 0.2) is 18.2 Å². The van der Waals surface area contributed by atoms with Crippen LogP contribution in [0.5, 0.6) is 0 Å². The Morgan fingerprint density at radius 3 is 3.20 bits per heavy atom. The van der Waals surface area contributed by atoms with Gasteiger partial charge in [-0.2, -0.15) is 5.26 Å². The van der Waals surface area contributed by atoms with Gasteiger partial charge in [0.1, 0.15) is 17.6 Å². The van der Waals surface area contributed by atoms with Crippen molar-refractivity contribution < 1.29 is 4.74 Å². The van der Waals surface area contributed by atoms with Gasteiger partial charge in [0.25, 0.3) is 0 Å². The van der Waals surface area contributed by atoms with Crippen molar-refractivity contribution >= 4 is 5.82 Å². The largest absolute Gasteiger partial charge is 0.379 e. The summed E-state index contributed by atoms with van der Waals surface area (Å²) in [6.45, 7) is 5.42. The van der Waals surface area contributed by atoms with Crippen molar-refractivity contribution in [2.24, 2.45) is 5.41 Å². The number of pyridine rings is 1. The van der Waals surface area contributed by atoms with Gasteiger partial charge in [-0.05, 0) is 31.5 Å². The van der Waals surface area contributed by atoms with Crippen LogP contribution in [0.4, 0.5) is 5.82 Å². The minimum atomic E-state index is 0.180. The molecule has 0 bridgehead atoms. The Bertz CT molecular complexity index is 505. The highest BCUT2D eigenvalue weighted by molar-refractivity contribution is 5.42. The minimum Gasteiger partial charge on any atom is -0.379 e. The zero-order valence-corrected chi connectivity index (χ0v) is 11.6. The number of nitriles is 1. The summed E-state index contributed by atoms with van der Waals surface area (Å²) in [7, 11) is 0. The zero-order chi connectivity index (χ0) is 13.8. The minimum absolute atomic E-state index is 0.180. The number of hydrogen-bond donors (Lipinski definition) is 1. The van der Waals surface area contributed by atoms with Gasteiger partial charge < -0.3 is 15.0 Å². The molecule has 0 aromatic carbocycles. The molecule has 0 radical (unpaired) electrons. The zero-order valence-electron chi connectivity index (χ0n) is 11.6. The molecule has 5 heteroatoms. The highest BCUT2D eigenvalue weighted by Gasteiger charge is 2.36. The van der Waals surface area contributed by atoms with E-state index in [1.807, 2.05) is 12.1 Å². The van der Waals surface area contributed by atoms with Crippen LogP contribution in [0.1, 0.15) is 18.5 Å². The molecule has 20 heavy (non-hydrogen) atoms. The van der Waals surface area contributed by atoms with Gasteiger partial charge in [0.05, 0.1) is 13.2 Å². The normalized spacial score (nSPS) is 27.1. The third-order valence-corrected chi connectivity index (χ3v) is 4.17. The van der Waals surface area contributed by atoms with E-state index in [2.05, 4.69) is 21.3 Å². The molecule has 1 aromatic rings. The molecule has 2 fully saturated rings. The summed E-state index contributed by atoms with van der Waals surface area (Å²) in [4.78, 5) is 6.69. The summed E-state index contributed by atoms with van der Waals surface area (Å²) >= 11 is 0. The Balaban J connectivity index is 1.82. The highest BCUT2D eigenvalue weighted by atomic mass is 16.5. The summed E-state index contributed by atoms with van der Waals surface area (Å²) in [6.07, 6.45) is 2.39. The number of piperidine rings is 1. The van der Waals surface area contributed by atoms with E-state index in [9.17, 15) is 0 Å². The van der Waals surface area contributed by atoms with Crippen LogP contribution in [-0.4, -0.2) is 44.4 Å². The maximum Gasteiger partial charge on any atom is 0.142 e. The third-order valence-electron chi connectivity index (χ3n) is 4.17. The first-order valence-electron chi connectivity index (χ1n) is 7.22. The lowest BCUT2D eigenvalue weighted by Crippen LogP contribution is -2.49. The van der Waals surface area contributed by atoms with Crippen molar-refractivity contribution in [2.75, 3.05) is 44.3 Å². The molecule has 2 aliphatic rings. The summed E-state index contributed by atoms with van der Waals surface area (Å²) in [6, 6.07) is 7.74. The molecule has 1 spiro atoms. The van der Waals surface area contributed by atoms with Gasteiger partial charge in [-0.3, -0.25) is 0 Å². The molecular weight excluding hydrogens is 252 g/mol. The van der Waals surface area contributed by atoms with Crippen LogP contribution in [0.25, 0.3) is 0 Å². The maximum atomic E-state index is 8.99. The molecule has 0 saturated carbocycles. The van der Waals surface area contributed by atoms with Crippen molar-refractivity contribution in [1.29, 1.82) is 5.26 Å². The van der Waals surface area contributed by atoms with Crippen molar-refractivity contribution in [1.82, 2.24) is 10.3 Å². The molecule has 0 aliphatic carbocycles. The predicted molar refractivity (Wildman–Crippen MR) is 76.5 cm³/mol. The van der Waals surface area contributed by atoms with E-state index in [1.54, 1.807) is 6.07 Å². The fourth-order valence-corrected chi connectivity index (χ4v) is 3.14. The van der Waals surface area contributed by atoms with Gasteiger partial charge in [0.2, 0.25) is 0 Å². The molecule has 1 aromatic heterocycles. The van der Waals surface area contributed by atoms with Crippen molar-refractivity contribution in [3.63, 3.8) is 0 Å². The lowest BCUT2D eigenvalue weighted by atomic mass is 9.81. The van der Waals surface area contributed by atoms with Crippen LogP contribution in [0.2, 0.25) is 0 Å². The standard InChI is InChI=1S/C15H20N4O/c16-9-13-3-1-4-14(18-13)19-7-8-20-12-15(11-19)5-2-6-17-10-15/h1,3-4,17H,2,5-8,10-12H2/t15-/m0/s1. The predicted octanol–water partition coefficient (Wildman–Crippen LogP) is 1.16. The van der Waals surface area contributed by atoms with Gasteiger partial charge in [0, 0.05) is 25.0 Å². The van der Waals surface area contributed by atoms with E-state index in [-0.39, 0.29) is 5.41 Å². The van der Waals surface area contributed by atoms with E-state index in [1.165, 1.54) is 12.8 Å². The van der Waals surface area contributed by atoms with Crippen molar-refractivity contribution in [3.8, 4) is 6.07 Å². The molecule has 106 valence electrons. The van der Waals surface area contributed by atoms with Crippen LogP contribution in [0.3, 0.4) is 0 Å². The van der Waals surface area contributed by atoms with Crippen molar-refractivity contribution in [2.45, 2.75) is 12.8 Å². The summed E-state index contributed by atoms with van der Waals surface area (Å²) in [5.41, 5.74) is 0.655. The Labute approximate surface area is 119 Å². The topological polar surface area (TPSA) is 61.2 Å². The first kappa shape index (κ1) is 13.3. The molecule has 2 aliphatic heterocycles. The van der Waals surface area contributed by atoms with Crippen molar-refractivity contribution in [3.05, 3.63) is 23.9 Å².